The van der Waals surface area contributed by atoms with E-state index in [0.29, 0.717) is 11.2 Å². The molecule has 0 aliphatic heterocycles. The molecule has 1 amide bonds. The number of fused-ring (bicyclic) bond motifs is 2. The fourth-order valence-electron chi connectivity index (χ4n) is 3.22. The number of H-pyrrole nitrogens is 1. The summed E-state index contributed by atoms with van der Waals surface area (Å²) in [6.07, 6.45) is 3.47. The average molecular weight is 347 g/mol. The normalized spacial score (nSPS) is 11.8. The zero-order valence-electron chi connectivity index (χ0n) is 14.5. The zero-order chi connectivity index (χ0) is 18.3. The van der Waals surface area contributed by atoms with Crippen LogP contribution >= 0.6 is 0 Å². The maximum Gasteiger partial charge on any atom is 0.234 e. The number of amides is 1. The van der Waals surface area contributed by atoms with Crippen molar-refractivity contribution in [3.63, 3.8) is 0 Å². The number of halogens is 1. The highest BCUT2D eigenvalue weighted by molar-refractivity contribution is 6.06. The van der Waals surface area contributed by atoms with Gasteiger partial charge in [0.2, 0.25) is 5.91 Å². The van der Waals surface area contributed by atoms with Gasteiger partial charge in [0.15, 0.2) is 0 Å². The van der Waals surface area contributed by atoms with Gasteiger partial charge < -0.3 is 10.3 Å². The Morgan fingerprint density at radius 1 is 1.15 bits per heavy atom. The van der Waals surface area contributed by atoms with Gasteiger partial charge in [-0.2, -0.15) is 0 Å². The Balaban J connectivity index is 1.72. The van der Waals surface area contributed by atoms with Crippen LogP contribution in [0.15, 0.2) is 60.9 Å². The number of hydrogen-bond acceptors (Lipinski definition) is 2. The van der Waals surface area contributed by atoms with E-state index in [1.165, 1.54) is 12.1 Å². The topological polar surface area (TPSA) is 57.8 Å². The summed E-state index contributed by atoms with van der Waals surface area (Å²) >= 11 is 0. The van der Waals surface area contributed by atoms with E-state index in [-0.39, 0.29) is 11.7 Å². The van der Waals surface area contributed by atoms with Crippen LogP contribution in [0.4, 0.5) is 10.1 Å². The third-order valence-corrected chi connectivity index (χ3v) is 4.77. The summed E-state index contributed by atoms with van der Waals surface area (Å²) in [6, 6.07) is 14.0. The lowest BCUT2D eigenvalue weighted by Crippen LogP contribution is -2.34. The lowest BCUT2D eigenvalue weighted by atomic mass is 9.83. The van der Waals surface area contributed by atoms with Crippen LogP contribution in [-0.4, -0.2) is 15.9 Å². The molecule has 2 aromatic carbocycles. The third-order valence-electron chi connectivity index (χ3n) is 4.77. The lowest BCUT2D eigenvalue weighted by Gasteiger charge is -2.23. The van der Waals surface area contributed by atoms with E-state index in [2.05, 4.69) is 15.3 Å². The highest BCUT2D eigenvalue weighted by Crippen LogP contribution is 2.32. The minimum atomic E-state index is -0.812. The number of nitrogens with zero attached hydrogens (tertiary/aromatic N) is 1. The lowest BCUT2D eigenvalue weighted by molar-refractivity contribution is -0.120. The molecule has 0 atom stereocenters. The Morgan fingerprint density at radius 3 is 2.81 bits per heavy atom. The molecule has 2 N–H and O–H groups in total. The molecule has 4 rings (SSSR count). The molecule has 4 aromatic rings. The number of rotatable bonds is 3. The van der Waals surface area contributed by atoms with Crippen molar-refractivity contribution < 1.29 is 9.18 Å². The molecule has 4 nitrogen and oxygen atoms in total. The molecule has 2 aromatic heterocycles. The molecule has 0 saturated carbocycles. The van der Waals surface area contributed by atoms with Gasteiger partial charge in [-0.1, -0.05) is 18.2 Å². The van der Waals surface area contributed by atoms with Gasteiger partial charge in [-0.3, -0.25) is 9.78 Å². The van der Waals surface area contributed by atoms with Crippen LogP contribution in [0.2, 0.25) is 0 Å². The van der Waals surface area contributed by atoms with Gasteiger partial charge in [0, 0.05) is 28.7 Å². The summed E-state index contributed by atoms with van der Waals surface area (Å²) in [5.74, 6) is -0.462. The number of aromatic nitrogens is 2. The van der Waals surface area contributed by atoms with Crippen molar-refractivity contribution in [1.29, 1.82) is 0 Å². The minimum Gasteiger partial charge on any atom is -0.361 e. The largest absolute Gasteiger partial charge is 0.361 e. The Morgan fingerprint density at radius 2 is 1.96 bits per heavy atom. The first kappa shape index (κ1) is 16.3. The van der Waals surface area contributed by atoms with Crippen LogP contribution in [-0.2, 0) is 10.2 Å². The summed E-state index contributed by atoms with van der Waals surface area (Å²) < 4.78 is 13.4. The quantitative estimate of drug-likeness (QED) is 0.561. The van der Waals surface area contributed by atoms with Crippen LogP contribution in [0.5, 0.6) is 0 Å². The number of para-hydroxylation sites is 1. The summed E-state index contributed by atoms with van der Waals surface area (Å²) in [6.45, 7) is 3.71. The van der Waals surface area contributed by atoms with E-state index in [9.17, 15) is 9.18 Å². The van der Waals surface area contributed by atoms with Gasteiger partial charge in [-0.05, 0) is 49.7 Å². The molecule has 0 aliphatic rings. The number of anilines is 1. The second kappa shape index (κ2) is 5.95. The van der Waals surface area contributed by atoms with Gasteiger partial charge in [0.25, 0.3) is 0 Å². The van der Waals surface area contributed by atoms with Crippen molar-refractivity contribution in [2.45, 2.75) is 19.3 Å². The van der Waals surface area contributed by atoms with E-state index in [1.54, 1.807) is 18.5 Å². The second-order valence-corrected chi connectivity index (χ2v) is 6.85. The van der Waals surface area contributed by atoms with E-state index in [0.717, 1.165) is 21.9 Å². The van der Waals surface area contributed by atoms with Gasteiger partial charge >= 0.3 is 0 Å². The summed E-state index contributed by atoms with van der Waals surface area (Å²) in [5.41, 5.74) is 2.10. The molecule has 0 aliphatic carbocycles. The van der Waals surface area contributed by atoms with Crippen molar-refractivity contribution in [3.05, 3.63) is 72.3 Å². The fourth-order valence-corrected chi connectivity index (χ4v) is 3.22. The van der Waals surface area contributed by atoms with E-state index >= 15 is 0 Å². The molecule has 0 spiro atoms. The Hall–Kier alpha value is -3.21. The molecular weight excluding hydrogens is 329 g/mol. The number of hydrogen-bond donors (Lipinski definition) is 2. The van der Waals surface area contributed by atoms with Crippen molar-refractivity contribution in [2.75, 3.05) is 5.32 Å². The van der Waals surface area contributed by atoms with Gasteiger partial charge in [-0.15, -0.1) is 0 Å². The molecule has 0 unspecified atom stereocenters. The van der Waals surface area contributed by atoms with Gasteiger partial charge in [0.1, 0.15) is 5.82 Å². The first-order valence-electron chi connectivity index (χ1n) is 8.39. The fraction of sp³-hybridized carbons (Fsp3) is 0.143. The van der Waals surface area contributed by atoms with Crippen LogP contribution in [0.25, 0.3) is 21.8 Å². The maximum atomic E-state index is 13.4. The highest BCUT2D eigenvalue weighted by atomic mass is 19.1. The van der Waals surface area contributed by atoms with Crippen LogP contribution in [0.1, 0.15) is 19.4 Å². The molecule has 2 heterocycles. The first-order valence-corrected chi connectivity index (χ1v) is 8.39. The Bertz CT molecular complexity index is 1130. The van der Waals surface area contributed by atoms with E-state index in [4.69, 9.17) is 0 Å². The molecule has 0 bridgehead atoms. The molecule has 0 fully saturated rings. The standard InChI is InChI=1S/C21H18FN3O/c1-21(2,16-12-24-18-11-14(22)8-9-15(16)18)20(26)25-17-7-3-5-13-6-4-10-23-19(13)17/h3-12,24H,1-2H3,(H,25,26). The number of carbonyl (C=O) groups excluding carboxylic acids is 1. The number of pyridine rings is 1. The van der Waals surface area contributed by atoms with E-state index in [1.807, 2.05) is 44.2 Å². The first-order chi connectivity index (χ1) is 12.5. The van der Waals surface area contributed by atoms with Crippen molar-refractivity contribution in [3.8, 4) is 0 Å². The number of aromatic amines is 1. The van der Waals surface area contributed by atoms with Crippen molar-refractivity contribution in [2.24, 2.45) is 0 Å². The monoisotopic (exact) mass is 347 g/mol. The van der Waals surface area contributed by atoms with Crippen molar-refractivity contribution in [1.82, 2.24) is 9.97 Å². The number of nitrogens with one attached hydrogen (secondary N) is 2. The molecule has 0 radical (unpaired) electrons. The highest BCUT2D eigenvalue weighted by Gasteiger charge is 2.32. The number of carbonyl (C=O) groups is 1. The Kier molecular flexibility index (Phi) is 3.72. The smallest absolute Gasteiger partial charge is 0.234 e. The summed E-state index contributed by atoms with van der Waals surface area (Å²) in [4.78, 5) is 20.5. The average Bonchev–Trinajstić information content (AvgIpc) is 3.05. The molecular formula is C21H18FN3O. The van der Waals surface area contributed by atoms with Gasteiger partial charge in [-0.25, -0.2) is 4.39 Å². The second-order valence-electron chi connectivity index (χ2n) is 6.85. The molecule has 5 heteroatoms. The number of benzene rings is 2. The van der Waals surface area contributed by atoms with Crippen molar-refractivity contribution >= 4 is 33.4 Å². The zero-order valence-corrected chi connectivity index (χ0v) is 14.5. The predicted molar refractivity (Wildman–Crippen MR) is 102 cm³/mol. The molecule has 26 heavy (non-hydrogen) atoms. The predicted octanol–water partition coefficient (Wildman–Crippen LogP) is 4.77. The molecule has 0 saturated heterocycles. The van der Waals surface area contributed by atoms with E-state index < -0.39 is 5.41 Å². The Labute approximate surface area is 150 Å². The van der Waals surface area contributed by atoms with Gasteiger partial charge in [0.05, 0.1) is 16.6 Å². The van der Waals surface area contributed by atoms with Crippen LogP contribution in [0, 0.1) is 5.82 Å². The summed E-state index contributed by atoms with van der Waals surface area (Å²) in [7, 11) is 0. The maximum absolute atomic E-state index is 13.4. The third kappa shape index (κ3) is 2.62. The minimum absolute atomic E-state index is 0.152. The SMILES string of the molecule is CC(C)(C(=O)Nc1cccc2cccnc12)c1c[nH]c2cc(F)ccc12. The summed E-state index contributed by atoms with van der Waals surface area (Å²) in [5, 5.41) is 4.80. The van der Waals surface area contributed by atoms with Crippen LogP contribution < -0.4 is 5.32 Å². The van der Waals surface area contributed by atoms with Crippen LogP contribution in [0.3, 0.4) is 0 Å². The molecule has 130 valence electrons.